The smallest absolute Gasteiger partial charge is 0.269 e. The molecule has 0 bridgehead atoms. The van der Waals surface area contributed by atoms with Crippen molar-refractivity contribution in [2.45, 2.75) is 38.6 Å². The second kappa shape index (κ2) is 5.62. The second-order valence-electron chi connectivity index (χ2n) is 6.04. The summed E-state index contributed by atoms with van der Waals surface area (Å²) in [6.45, 7) is 8.77. The lowest BCUT2D eigenvalue weighted by atomic mass is 10.0. The van der Waals surface area contributed by atoms with Gasteiger partial charge >= 0.3 is 0 Å². The van der Waals surface area contributed by atoms with E-state index < -0.39 is 7.52 Å². The van der Waals surface area contributed by atoms with Crippen LogP contribution < -0.4 is 0 Å². The van der Waals surface area contributed by atoms with Gasteiger partial charge < -0.3 is 9.01 Å². The summed E-state index contributed by atoms with van der Waals surface area (Å²) in [6.07, 6.45) is 5.09. The molecule has 0 amide bonds. The Hall–Kier alpha value is 0.110. The topological polar surface area (TPSA) is 29.5 Å². The average molecular weight is 275 g/mol. The van der Waals surface area contributed by atoms with Gasteiger partial charge in [0.25, 0.3) is 7.52 Å². The van der Waals surface area contributed by atoms with E-state index in [1.807, 2.05) is 6.92 Å². The van der Waals surface area contributed by atoms with Crippen LogP contribution in [-0.2, 0) is 9.09 Å². The number of likely N-dealkylation sites (tertiary alicyclic amines) is 1. The zero-order chi connectivity index (χ0) is 13.2. The van der Waals surface area contributed by atoms with Crippen molar-refractivity contribution in [2.24, 2.45) is 0 Å². The van der Waals surface area contributed by atoms with Gasteiger partial charge in [0.15, 0.2) is 0 Å². The Balaban J connectivity index is 1.90. The molecule has 1 atom stereocenters. The SMILES string of the molecule is CCOP(C)(=O)N1CCC([N+]2(C)CCCC2)CC1. The van der Waals surface area contributed by atoms with Gasteiger partial charge in [-0.05, 0) is 6.92 Å². The first kappa shape index (κ1) is 14.5. The molecule has 4 nitrogen and oxygen atoms in total. The molecule has 0 aromatic rings. The predicted molar refractivity (Wildman–Crippen MR) is 74.9 cm³/mol. The molecule has 0 radical (unpaired) electrons. The Morgan fingerprint density at radius 2 is 1.83 bits per heavy atom. The van der Waals surface area contributed by atoms with Crippen LogP contribution in [0, 0.1) is 0 Å². The first-order valence-corrected chi connectivity index (χ1v) is 9.32. The lowest BCUT2D eigenvalue weighted by molar-refractivity contribution is -0.923. The van der Waals surface area contributed by atoms with E-state index in [2.05, 4.69) is 11.7 Å². The van der Waals surface area contributed by atoms with Crippen LogP contribution in [0.25, 0.3) is 0 Å². The molecule has 0 aromatic carbocycles. The van der Waals surface area contributed by atoms with Gasteiger partial charge in [-0.25, -0.2) is 4.67 Å². The summed E-state index contributed by atoms with van der Waals surface area (Å²) in [5.41, 5.74) is 0. The van der Waals surface area contributed by atoms with Crippen molar-refractivity contribution in [3.63, 3.8) is 0 Å². The molecule has 2 aliphatic rings. The largest absolute Gasteiger partial charge is 0.324 e. The van der Waals surface area contributed by atoms with E-state index in [-0.39, 0.29) is 0 Å². The third-order valence-electron chi connectivity index (χ3n) is 4.79. The highest BCUT2D eigenvalue weighted by atomic mass is 31.2. The van der Waals surface area contributed by atoms with Gasteiger partial charge in [-0.3, -0.25) is 4.57 Å². The third-order valence-corrected chi connectivity index (χ3v) is 6.96. The molecular weight excluding hydrogens is 247 g/mol. The highest BCUT2D eigenvalue weighted by molar-refractivity contribution is 7.55. The molecule has 106 valence electrons. The summed E-state index contributed by atoms with van der Waals surface area (Å²) >= 11 is 0. The molecule has 0 N–H and O–H groups in total. The summed E-state index contributed by atoms with van der Waals surface area (Å²) in [4.78, 5) is 0. The van der Waals surface area contributed by atoms with Crippen molar-refractivity contribution in [2.75, 3.05) is 46.5 Å². The molecule has 0 spiro atoms. The second-order valence-corrected chi connectivity index (χ2v) is 8.47. The summed E-state index contributed by atoms with van der Waals surface area (Å²) in [6, 6.07) is 0.769. The number of rotatable bonds is 4. The third kappa shape index (κ3) is 2.98. The lowest BCUT2D eigenvalue weighted by Crippen LogP contribution is -2.54. The van der Waals surface area contributed by atoms with Crippen molar-refractivity contribution >= 4 is 7.52 Å². The van der Waals surface area contributed by atoms with Gasteiger partial charge in [0.1, 0.15) is 0 Å². The first-order valence-electron chi connectivity index (χ1n) is 7.29. The van der Waals surface area contributed by atoms with Crippen molar-refractivity contribution in [3.8, 4) is 0 Å². The van der Waals surface area contributed by atoms with Gasteiger partial charge in [-0.15, -0.1) is 0 Å². The summed E-state index contributed by atoms with van der Waals surface area (Å²) in [5.74, 6) is 0. The van der Waals surface area contributed by atoms with Gasteiger partial charge in [0.2, 0.25) is 0 Å². The van der Waals surface area contributed by atoms with Gasteiger partial charge in [0.05, 0.1) is 32.8 Å². The maximum atomic E-state index is 12.4. The number of hydrogen-bond donors (Lipinski definition) is 0. The van der Waals surface area contributed by atoms with Gasteiger partial charge in [-0.2, -0.15) is 0 Å². The van der Waals surface area contributed by atoms with Gasteiger partial charge in [-0.1, -0.05) is 0 Å². The minimum Gasteiger partial charge on any atom is -0.324 e. The van der Waals surface area contributed by atoms with E-state index in [9.17, 15) is 4.57 Å². The van der Waals surface area contributed by atoms with Crippen molar-refractivity contribution in [1.82, 2.24) is 4.67 Å². The molecule has 2 heterocycles. The van der Waals surface area contributed by atoms with Crippen LogP contribution in [0.5, 0.6) is 0 Å². The zero-order valence-corrected chi connectivity index (χ0v) is 13.0. The Morgan fingerprint density at radius 1 is 1.28 bits per heavy atom. The van der Waals surface area contributed by atoms with Crippen LogP contribution >= 0.6 is 7.52 Å². The van der Waals surface area contributed by atoms with E-state index in [1.54, 1.807) is 6.66 Å². The summed E-state index contributed by atoms with van der Waals surface area (Å²) in [7, 11) is -0.117. The average Bonchev–Trinajstić information content (AvgIpc) is 2.78. The quantitative estimate of drug-likeness (QED) is 0.583. The fourth-order valence-corrected chi connectivity index (χ4v) is 5.18. The van der Waals surface area contributed by atoms with Crippen LogP contribution in [0.2, 0.25) is 0 Å². The molecule has 2 saturated heterocycles. The van der Waals surface area contributed by atoms with Gasteiger partial charge in [0, 0.05) is 45.4 Å². The maximum absolute atomic E-state index is 12.4. The highest BCUT2D eigenvalue weighted by Crippen LogP contribution is 2.48. The fraction of sp³-hybridized carbons (Fsp3) is 1.00. The molecule has 1 unspecified atom stereocenters. The lowest BCUT2D eigenvalue weighted by Gasteiger charge is -2.43. The van der Waals surface area contributed by atoms with Crippen LogP contribution in [0.3, 0.4) is 0 Å². The predicted octanol–water partition coefficient (Wildman–Crippen LogP) is 2.55. The minimum absolute atomic E-state index is 0.543. The van der Waals surface area contributed by atoms with Crippen molar-refractivity contribution < 1.29 is 13.6 Å². The zero-order valence-electron chi connectivity index (χ0n) is 12.1. The molecule has 2 fully saturated rings. The van der Waals surface area contributed by atoms with Crippen molar-refractivity contribution in [1.29, 1.82) is 0 Å². The van der Waals surface area contributed by atoms with Crippen molar-refractivity contribution in [3.05, 3.63) is 0 Å². The minimum atomic E-state index is -2.52. The Morgan fingerprint density at radius 3 is 2.33 bits per heavy atom. The van der Waals surface area contributed by atoms with Crippen LogP contribution in [0.4, 0.5) is 0 Å². The number of piperidine rings is 1. The van der Waals surface area contributed by atoms with E-state index in [4.69, 9.17) is 4.52 Å². The number of nitrogens with zero attached hydrogens (tertiary/aromatic N) is 2. The van der Waals surface area contributed by atoms with Crippen LogP contribution in [-0.4, -0.2) is 61.7 Å². The van der Waals surface area contributed by atoms with E-state index in [0.717, 1.165) is 19.1 Å². The summed E-state index contributed by atoms with van der Waals surface area (Å²) in [5, 5.41) is 0. The fourth-order valence-electron chi connectivity index (χ4n) is 3.58. The Kier molecular flexibility index (Phi) is 4.53. The van der Waals surface area contributed by atoms with E-state index >= 15 is 0 Å². The van der Waals surface area contributed by atoms with E-state index in [0.29, 0.717) is 6.61 Å². The van der Waals surface area contributed by atoms with E-state index in [1.165, 1.54) is 43.3 Å². The normalized spacial score (nSPS) is 29.3. The number of hydrogen-bond acceptors (Lipinski definition) is 2. The Bertz CT molecular complexity index is 321. The van der Waals surface area contributed by atoms with Crippen LogP contribution in [0.1, 0.15) is 32.6 Å². The molecule has 0 saturated carbocycles. The maximum Gasteiger partial charge on any atom is 0.269 e. The molecule has 2 rings (SSSR count). The molecule has 18 heavy (non-hydrogen) atoms. The molecule has 0 aliphatic carbocycles. The van der Waals surface area contributed by atoms with Crippen LogP contribution in [0.15, 0.2) is 0 Å². The number of quaternary nitrogens is 1. The monoisotopic (exact) mass is 275 g/mol. The Labute approximate surface area is 111 Å². The molecule has 5 heteroatoms. The standard InChI is InChI=1S/C13H28N2O2P/c1-4-17-18(3,16)14-9-7-13(8-10-14)15(2)11-5-6-12-15/h13H,4-12H2,1-3H3/q+1. The summed E-state index contributed by atoms with van der Waals surface area (Å²) < 4.78 is 21.1. The first-order chi connectivity index (χ1) is 8.48. The molecule has 0 aromatic heterocycles. The molecular formula is C13H28N2O2P+. The molecule has 2 aliphatic heterocycles. The highest BCUT2D eigenvalue weighted by Gasteiger charge is 2.40.